The first-order valence-corrected chi connectivity index (χ1v) is 4.25. The standard InChI is InChI=1S/C7H12N4O2/c1-10-5(4-9-6(10)12)11-3-2-8-7(11)13/h5H,2-4H2,1H3,(H,8,13)(H,9,12). The summed E-state index contributed by atoms with van der Waals surface area (Å²) in [5, 5.41) is 5.39. The Balaban J connectivity index is 2.08. The van der Waals surface area contributed by atoms with Gasteiger partial charge in [0.25, 0.3) is 0 Å². The molecular formula is C7H12N4O2. The minimum absolute atomic E-state index is 0.0895. The molecule has 2 aliphatic heterocycles. The highest BCUT2D eigenvalue weighted by Gasteiger charge is 2.36. The van der Waals surface area contributed by atoms with Gasteiger partial charge in [0.05, 0.1) is 6.54 Å². The Morgan fingerprint density at radius 2 is 2.08 bits per heavy atom. The topological polar surface area (TPSA) is 64.7 Å². The number of nitrogens with zero attached hydrogens (tertiary/aromatic N) is 2. The molecule has 1 atom stereocenters. The van der Waals surface area contributed by atoms with E-state index in [4.69, 9.17) is 0 Å². The monoisotopic (exact) mass is 184 g/mol. The lowest BCUT2D eigenvalue weighted by Crippen LogP contribution is -2.46. The summed E-state index contributed by atoms with van der Waals surface area (Å²) in [6.07, 6.45) is -0.130. The van der Waals surface area contributed by atoms with E-state index in [9.17, 15) is 9.59 Å². The average Bonchev–Trinajstić information content (AvgIpc) is 2.62. The second-order valence-electron chi connectivity index (χ2n) is 3.20. The molecular weight excluding hydrogens is 172 g/mol. The van der Waals surface area contributed by atoms with E-state index in [1.165, 1.54) is 0 Å². The molecule has 4 amide bonds. The highest BCUT2D eigenvalue weighted by atomic mass is 16.2. The zero-order chi connectivity index (χ0) is 9.42. The molecule has 0 radical (unpaired) electrons. The number of urea groups is 2. The smallest absolute Gasteiger partial charge is 0.319 e. The van der Waals surface area contributed by atoms with Crippen molar-refractivity contribution in [2.24, 2.45) is 0 Å². The van der Waals surface area contributed by atoms with E-state index in [1.807, 2.05) is 0 Å². The molecule has 2 rings (SSSR count). The summed E-state index contributed by atoms with van der Waals surface area (Å²) in [4.78, 5) is 25.6. The molecule has 0 aromatic carbocycles. The Morgan fingerprint density at radius 1 is 1.31 bits per heavy atom. The third-order valence-corrected chi connectivity index (χ3v) is 2.45. The summed E-state index contributed by atoms with van der Waals surface area (Å²) in [7, 11) is 1.69. The minimum Gasteiger partial charge on any atom is -0.336 e. The Bertz CT molecular complexity index is 255. The molecule has 72 valence electrons. The predicted molar refractivity (Wildman–Crippen MR) is 45.1 cm³/mol. The Labute approximate surface area is 75.9 Å². The van der Waals surface area contributed by atoms with Gasteiger partial charge >= 0.3 is 12.1 Å². The number of likely N-dealkylation sites (N-methyl/N-ethyl adjacent to an activating group) is 1. The normalized spacial score (nSPS) is 27.9. The molecule has 1 unspecified atom stereocenters. The summed E-state index contributed by atoms with van der Waals surface area (Å²) >= 11 is 0. The lowest BCUT2D eigenvalue weighted by atomic mass is 10.4. The Hall–Kier alpha value is -1.46. The highest BCUT2D eigenvalue weighted by Crippen LogP contribution is 2.11. The molecule has 0 saturated carbocycles. The molecule has 0 aromatic heterocycles. The van der Waals surface area contributed by atoms with E-state index in [1.54, 1.807) is 16.8 Å². The van der Waals surface area contributed by atoms with Crippen LogP contribution in [-0.2, 0) is 0 Å². The maximum atomic E-state index is 11.3. The summed E-state index contributed by atoms with van der Waals surface area (Å²) < 4.78 is 0. The maximum Gasteiger partial charge on any atom is 0.319 e. The van der Waals surface area contributed by atoms with Crippen LogP contribution in [-0.4, -0.2) is 54.7 Å². The number of rotatable bonds is 1. The van der Waals surface area contributed by atoms with E-state index in [0.29, 0.717) is 19.6 Å². The van der Waals surface area contributed by atoms with Gasteiger partial charge in [-0.3, -0.25) is 0 Å². The van der Waals surface area contributed by atoms with Crippen molar-refractivity contribution in [1.29, 1.82) is 0 Å². The van der Waals surface area contributed by atoms with Gasteiger partial charge in [-0.1, -0.05) is 0 Å². The molecule has 0 aliphatic carbocycles. The van der Waals surface area contributed by atoms with Gasteiger partial charge in [0.2, 0.25) is 0 Å². The van der Waals surface area contributed by atoms with Crippen LogP contribution in [0.3, 0.4) is 0 Å². The Morgan fingerprint density at radius 3 is 2.54 bits per heavy atom. The number of nitrogens with one attached hydrogen (secondary N) is 2. The second-order valence-corrected chi connectivity index (χ2v) is 3.20. The molecule has 6 heteroatoms. The van der Waals surface area contributed by atoms with Gasteiger partial charge in [-0.05, 0) is 0 Å². The molecule has 2 saturated heterocycles. The fourth-order valence-corrected chi connectivity index (χ4v) is 1.67. The third-order valence-electron chi connectivity index (χ3n) is 2.45. The van der Waals surface area contributed by atoms with Gasteiger partial charge in [-0.2, -0.15) is 0 Å². The van der Waals surface area contributed by atoms with E-state index in [0.717, 1.165) is 0 Å². The van der Waals surface area contributed by atoms with Crippen LogP contribution in [0.2, 0.25) is 0 Å². The van der Waals surface area contributed by atoms with Crippen LogP contribution in [0.1, 0.15) is 0 Å². The second kappa shape index (κ2) is 2.79. The third kappa shape index (κ3) is 1.18. The van der Waals surface area contributed by atoms with Crippen LogP contribution in [0.15, 0.2) is 0 Å². The lowest BCUT2D eigenvalue weighted by Gasteiger charge is -2.26. The predicted octanol–water partition coefficient (Wildman–Crippen LogP) is -1.01. The average molecular weight is 184 g/mol. The van der Waals surface area contributed by atoms with Crippen LogP contribution in [0.5, 0.6) is 0 Å². The van der Waals surface area contributed by atoms with Crippen molar-refractivity contribution in [3.8, 4) is 0 Å². The molecule has 2 fully saturated rings. The first-order valence-electron chi connectivity index (χ1n) is 4.25. The van der Waals surface area contributed by atoms with Gasteiger partial charge in [0.1, 0.15) is 6.17 Å². The van der Waals surface area contributed by atoms with Crippen LogP contribution in [0.25, 0.3) is 0 Å². The summed E-state index contributed by atoms with van der Waals surface area (Å²) in [5.74, 6) is 0. The van der Waals surface area contributed by atoms with Gasteiger partial charge in [-0.15, -0.1) is 0 Å². The lowest BCUT2D eigenvalue weighted by molar-refractivity contribution is 0.146. The fourth-order valence-electron chi connectivity index (χ4n) is 1.67. The van der Waals surface area contributed by atoms with E-state index in [2.05, 4.69) is 10.6 Å². The van der Waals surface area contributed by atoms with Crippen LogP contribution >= 0.6 is 0 Å². The van der Waals surface area contributed by atoms with Gasteiger partial charge in [-0.25, -0.2) is 9.59 Å². The van der Waals surface area contributed by atoms with Crippen molar-refractivity contribution < 1.29 is 9.59 Å². The molecule has 2 N–H and O–H groups in total. The van der Waals surface area contributed by atoms with Crippen LogP contribution in [0, 0.1) is 0 Å². The van der Waals surface area contributed by atoms with Crippen molar-refractivity contribution in [2.75, 3.05) is 26.7 Å². The molecule has 6 nitrogen and oxygen atoms in total. The number of amides is 4. The highest BCUT2D eigenvalue weighted by molar-refractivity contribution is 5.80. The quantitative estimate of drug-likeness (QED) is 0.548. The number of carbonyl (C=O) groups excluding carboxylic acids is 2. The first-order chi connectivity index (χ1) is 6.20. The zero-order valence-electron chi connectivity index (χ0n) is 7.41. The molecule has 0 spiro atoms. The van der Waals surface area contributed by atoms with Crippen molar-refractivity contribution >= 4 is 12.1 Å². The maximum absolute atomic E-state index is 11.3. The Kier molecular flexibility index (Phi) is 1.75. The largest absolute Gasteiger partial charge is 0.336 e. The minimum atomic E-state index is -0.130. The summed E-state index contributed by atoms with van der Waals surface area (Å²) in [6.45, 7) is 1.85. The van der Waals surface area contributed by atoms with E-state index in [-0.39, 0.29) is 18.2 Å². The van der Waals surface area contributed by atoms with Gasteiger partial charge < -0.3 is 20.4 Å². The van der Waals surface area contributed by atoms with Gasteiger partial charge in [0, 0.05) is 20.1 Å². The van der Waals surface area contributed by atoms with E-state index >= 15 is 0 Å². The van der Waals surface area contributed by atoms with Crippen molar-refractivity contribution in [1.82, 2.24) is 20.4 Å². The molecule has 0 aromatic rings. The molecule has 2 heterocycles. The van der Waals surface area contributed by atoms with Crippen LogP contribution in [0.4, 0.5) is 9.59 Å². The number of hydrogen-bond donors (Lipinski definition) is 2. The fraction of sp³-hybridized carbons (Fsp3) is 0.714. The van der Waals surface area contributed by atoms with E-state index < -0.39 is 0 Å². The molecule has 0 bridgehead atoms. The van der Waals surface area contributed by atoms with Crippen molar-refractivity contribution in [3.63, 3.8) is 0 Å². The first kappa shape index (κ1) is 8.15. The van der Waals surface area contributed by atoms with Crippen molar-refractivity contribution in [3.05, 3.63) is 0 Å². The van der Waals surface area contributed by atoms with Gasteiger partial charge in [0.15, 0.2) is 0 Å². The molecule has 2 aliphatic rings. The number of hydrogen-bond acceptors (Lipinski definition) is 2. The number of carbonyl (C=O) groups is 2. The van der Waals surface area contributed by atoms with Crippen LogP contribution < -0.4 is 10.6 Å². The SMILES string of the molecule is CN1C(=O)NCC1N1CCNC1=O. The molecule has 13 heavy (non-hydrogen) atoms. The van der Waals surface area contributed by atoms with Crippen molar-refractivity contribution in [2.45, 2.75) is 6.17 Å². The zero-order valence-corrected chi connectivity index (χ0v) is 7.41. The summed E-state index contributed by atoms with van der Waals surface area (Å²) in [5.41, 5.74) is 0. The summed E-state index contributed by atoms with van der Waals surface area (Å²) in [6, 6.07) is -0.210.